The minimum Gasteiger partial charge on any atom is -0.433 e. The van der Waals surface area contributed by atoms with Crippen molar-refractivity contribution in [1.29, 1.82) is 0 Å². The first-order valence-corrected chi connectivity index (χ1v) is 12.9. The molecule has 0 radical (unpaired) electrons. The van der Waals surface area contributed by atoms with Gasteiger partial charge in [-0.3, -0.25) is 4.79 Å². The van der Waals surface area contributed by atoms with E-state index in [9.17, 15) is 49.1 Å². The van der Waals surface area contributed by atoms with Crippen LogP contribution in [0.1, 0.15) is 66.5 Å². The topological polar surface area (TPSA) is 59.1 Å². The summed E-state index contributed by atoms with van der Waals surface area (Å²) in [5.41, 5.74) is -5.00. The Bertz CT molecular complexity index is 1270. The van der Waals surface area contributed by atoms with Crippen molar-refractivity contribution in [3.8, 4) is 0 Å². The fraction of sp³-hybridized carbons (Fsp3) is 0.481. The summed E-state index contributed by atoms with van der Waals surface area (Å²) in [7, 11) is 0. The number of amides is 1. The van der Waals surface area contributed by atoms with Crippen LogP contribution in [0.3, 0.4) is 0 Å². The second-order valence-electron chi connectivity index (χ2n) is 10.1. The van der Waals surface area contributed by atoms with Gasteiger partial charge in [0.2, 0.25) is 6.41 Å². The minimum absolute atomic E-state index is 0.0130. The molecule has 1 amide bonds. The highest BCUT2D eigenvalue weighted by molar-refractivity contribution is 5.66. The minimum atomic E-state index is -5.14. The van der Waals surface area contributed by atoms with Gasteiger partial charge in [0.15, 0.2) is 0 Å². The molecule has 15 heteroatoms. The number of anilines is 1. The second kappa shape index (κ2) is 11.6. The average Bonchev–Trinajstić information content (AvgIpc) is 3.74. The highest BCUT2D eigenvalue weighted by atomic mass is 19.4. The standard InChI is InChI=1S/C27H25F9N2O4/c1-2-7-41-24(40)42-38-21-6-5-17(25(28,29)30)11-20(21)23(12-22(38)16-3-4-16)37(14-39)13-15-8-18(26(31,32)33)10-19(9-15)27(34,35)36/h5-6,8-11,14,16,22-23H,2-4,7,12-13H2,1H3/t22-,23-/m0/s1. The van der Waals surface area contributed by atoms with Crippen molar-refractivity contribution in [2.45, 2.75) is 69.8 Å². The lowest BCUT2D eigenvalue weighted by Crippen LogP contribution is -2.46. The van der Waals surface area contributed by atoms with Crippen LogP contribution < -0.4 is 5.06 Å². The Labute approximate surface area is 233 Å². The number of nitrogens with zero attached hydrogens (tertiary/aromatic N) is 2. The predicted molar refractivity (Wildman–Crippen MR) is 129 cm³/mol. The van der Waals surface area contributed by atoms with Gasteiger partial charge in [-0.15, -0.1) is 0 Å². The van der Waals surface area contributed by atoms with Gasteiger partial charge in [0.05, 0.1) is 41.1 Å². The number of hydroxylamine groups is 1. The van der Waals surface area contributed by atoms with Gasteiger partial charge in [-0.05, 0) is 73.6 Å². The molecule has 1 saturated carbocycles. The van der Waals surface area contributed by atoms with Crippen LogP contribution >= 0.6 is 0 Å². The van der Waals surface area contributed by atoms with Gasteiger partial charge in [-0.1, -0.05) is 6.92 Å². The Hall–Kier alpha value is -3.65. The van der Waals surface area contributed by atoms with E-state index in [0.29, 0.717) is 31.4 Å². The third kappa shape index (κ3) is 7.04. The normalized spacial score (nSPS) is 19.2. The first-order valence-electron chi connectivity index (χ1n) is 12.9. The maximum Gasteiger partial charge on any atom is 0.533 e. The molecule has 2 aromatic carbocycles. The molecule has 1 heterocycles. The zero-order chi connectivity index (χ0) is 31.0. The van der Waals surface area contributed by atoms with E-state index >= 15 is 0 Å². The molecular weight excluding hydrogens is 587 g/mol. The number of fused-ring (bicyclic) bond motifs is 1. The molecule has 230 valence electrons. The lowest BCUT2D eigenvalue weighted by atomic mass is 9.88. The van der Waals surface area contributed by atoms with Crippen molar-refractivity contribution in [2.24, 2.45) is 5.92 Å². The van der Waals surface area contributed by atoms with E-state index in [4.69, 9.17) is 9.57 Å². The molecule has 0 aromatic heterocycles. The third-order valence-electron chi connectivity index (χ3n) is 7.03. The van der Waals surface area contributed by atoms with Crippen molar-refractivity contribution < 1.29 is 58.7 Å². The van der Waals surface area contributed by atoms with E-state index in [-0.39, 0.29) is 42.7 Å². The van der Waals surface area contributed by atoms with Crippen molar-refractivity contribution in [2.75, 3.05) is 11.7 Å². The van der Waals surface area contributed by atoms with Crippen molar-refractivity contribution in [3.05, 3.63) is 64.2 Å². The fourth-order valence-corrected chi connectivity index (χ4v) is 4.96. The molecule has 0 N–H and O–H groups in total. The molecule has 1 fully saturated rings. The van der Waals surface area contributed by atoms with Crippen molar-refractivity contribution in [3.63, 3.8) is 0 Å². The molecule has 0 bridgehead atoms. The first-order chi connectivity index (χ1) is 19.5. The summed E-state index contributed by atoms with van der Waals surface area (Å²) in [5, 5.41) is 1.12. The number of halogens is 9. The van der Waals surface area contributed by atoms with Gasteiger partial charge < -0.3 is 14.5 Å². The van der Waals surface area contributed by atoms with Crippen molar-refractivity contribution >= 4 is 18.3 Å². The number of ether oxygens (including phenoxy) is 1. The SMILES string of the molecule is CCCOC(=O)ON1c2ccc(C(F)(F)F)cc2[C@@H](N(C=O)Cc2cc(C(F)(F)F)cc(C(F)(F)F)c2)C[C@H]1C1CC1. The lowest BCUT2D eigenvalue weighted by Gasteiger charge is -2.43. The smallest absolute Gasteiger partial charge is 0.433 e. The second-order valence-corrected chi connectivity index (χ2v) is 10.1. The number of carbonyl (C=O) groups excluding carboxylic acids is 2. The molecule has 0 unspecified atom stereocenters. The molecule has 1 aliphatic heterocycles. The molecule has 0 spiro atoms. The van der Waals surface area contributed by atoms with Gasteiger partial charge in [0.25, 0.3) is 0 Å². The van der Waals surface area contributed by atoms with Gasteiger partial charge in [-0.25, -0.2) is 4.79 Å². The third-order valence-corrected chi connectivity index (χ3v) is 7.03. The predicted octanol–water partition coefficient (Wildman–Crippen LogP) is 7.91. The van der Waals surface area contributed by atoms with Gasteiger partial charge in [-0.2, -0.15) is 44.6 Å². The Kier molecular flexibility index (Phi) is 8.61. The number of hydrogen-bond donors (Lipinski definition) is 0. The zero-order valence-electron chi connectivity index (χ0n) is 21.9. The summed E-state index contributed by atoms with van der Waals surface area (Å²) in [6.07, 6.45) is -14.4. The molecule has 2 aliphatic rings. The van der Waals surface area contributed by atoms with Crippen LogP contribution in [0, 0.1) is 5.92 Å². The molecule has 6 nitrogen and oxygen atoms in total. The average molecular weight is 612 g/mol. The number of benzene rings is 2. The van der Waals surface area contributed by atoms with Gasteiger partial charge >= 0.3 is 24.7 Å². The zero-order valence-corrected chi connectivity index (χ0v) is 21.9. The van der Waals surface area contributed by atoms with Gasteiger partial charge in [0, 0.05) is 12.1 Å². The molecule has 0 saturated heterocycles. The number of rotatable bonds is 8. The van der Waals surface area contributed by atoms with E-state index in [0.717, 1.165) is 28.2 Å². The quantitative estimate of drug-likeness (QED) is 0.172. The van der Waals surface area contributed by atoms with Crippen LogP contribution in [0.15, 0.2) is 36.4 Å². The highest BCUT2D eigenvalue weighted by Crippen LogP contribution is 2.49. The summed E-state index contributed by atoms with van der Waals surface area (Å²) in [4.78, 5) is 30.8. The largest absolute Gasteiger partial charge is 0.533 e. The Morgan fingerprint density at radius 2 is 1.52 bits per heavy atom. The summed E-state index contributed by atoms with van der Waals surface area (Å²) >= 11 is 0. The molecule has 1 aliphatic carbocycles. The lowest BCUT2D eigenvalue weighted by molar-refractivity contribution is -0.143. The van der Waals surface area contributed by atoms with E-state index in [1.54, 1.807) is 6.92 Å². The molecular formula is C27H25F9N2O4. The summed E-state index contributed by atoms with van der Waals surface area (Å²) in [6.45, 7) is 0.975. The fourth-order valence-electron chi connectivity index (χ4n) is 4.96. The number of alkyl halides is 9. The highest BCUT2D eigenvalue weighted by Gasteiger charge is 2.46. The summed E-state index contributed by atoms with van der Waals surface area (Å²) in [6, 6.07) is 1.49. The summed E-state index contributed by atoms with van der Waals surface area (Å²) in [5.74, 6) is -0.110. The summed E-state index contributed by atoms with van der Waals surface area (Å²) < 4.78 is 127. The van der Waals surface area contributed by atoms with Gasteiger partial charge in [0.1, 0.15) is 0 Å². The van der Waals surface area contributed by atoms with Crippen LogP contribution in [-0.2, 0) is 39.4 Å². The van der Waals surface area contributed by atoms with Crippen LogP contribution in [0.2, 0.25) is 0 Å². The maximum atomic E-state index is 13.7. The molecule has 2 atom stereocenters. The number of hydrogen-bond acceptors (Lipinski definition) is 5. The van der Waals surface area contributed by atoms with Crippen LogP contribution in [-0.4, -0.2) is 30.1 Å². The van der Waals surface area contributed by atoms with E-state index in [1.165, 1.54) is 0 Å². The van der Waals surface area contributed by atoms with E-state index < -0.39 is 65.6 Å². The van der Waals surface area contributed by atoms with E-state index in [2.05, 4.69) is 0 Å². The maximum absolute atomic E-state index is 13.7. The molecule has 42 heavy (non-hydrogen) atoms. The molecule has 2 aromatic rings. The van der Waals surface area contributed by atoms with Crippen molar-refractivity contribution in [1.82, 2.24) is 4.90 Å². The van der Waals surface area contributed by atoms with Crippen LogP contribution in [0.25, 0.3) is 0 Å². The first kappa shape index (κ1) is 31.3. The van der Waals surface area contributed by atoms with Crippen LogP contribution in [0.5, 0.6) is 0 Å². The Morgan fingerprint density at radius 3 is 2.02 bits per heavy atom. The molecule has 4 rings (SSSR count). The number of carbonyl (C=O) groups is 2. The van der Waals surface area contributed by atoms with E-state index in [1.807, 2.05) is 0 Å². The van der Waals surface area contributed by atoms with Crippen LogP contribution in [0.4, 0.5) is 50.0 Å². The Morgan fingerprint density at radius 1 is 0.929 bits per heavy atom. The monoisotopic (exact) mass is 612 g/mol. The Balaban J connectivity index is 1.78.